The third kappa shape index (κ3) is 4.91. The van der Waals surface area contributed by atoms with E-state index in [-0.39, 0.29) is 29.5 Å². The van der Waals surface area contributed by atoms with E-state index in [1.54, 1.807) is 23.0 Å². The van der Waals surface area contributed by atoms with Crippen LogP contribution in [0.2, 0.25) is 0 Å². The van der Waals surface area contributed by atoms with Gasteiger partial charge in [-0.2, -0.15) is 5.10 Å². The van der Waals surface area contributed by atoms with Gasteiger partial charge in [0.25, 0.3) is 5.69 Å². The summed E-state index contributed by atoms with van der Waals surface area (Å²) in [6, 6.07) is 9.41. The Morgan fingerprint density at radius 2 is 2.07 bits per heavy atom. The highest BCUT2D eigenvalue weighted by Crippen LogP contribution is 2.29. The van der Waals surface area contributed by atoms with Gasteiger partial charge in [-0.1, -0.05) is 0 Å². The molecule has 144 valence electrons. The molecule has 0 aliphatic heterocycles. The first-order chi connectivity index (χ1) is 13.4. The molecule has 0 saturated heterocycles. The Balaban J connectivity index is 1.72. The summed E-state index contributed by atoms with van der Waals surface area (Å²) < 4.78 is 7.36. The van der Waals surface area contributed by atoms with Crippen molar-refractivity contribution < 1.29 is 14.5 Å². The Morgan fingerprint density at radius 3 is 2.71 bits per heavy atom. The number of nitrogens with zero attached hydrogens (tertiary/aromatic N) is 4. The number of aromatic nitrogens is 3. The second kappa shape index (κ2) is 8.30. The van der Waals surface area contributed by atoms with Crippen molar-refractivity contribution in [3.8, 4) is 11.5 Å². The van der Waals surface area contributed by atoms with E-state index in [4.69, 9.17) is 4.74 Å². The molecule has 9 heteroatoms. The monoisotopic (exact) mass is 381 g/mol. The molecule has 3 aromatic rings. The number of pyridine rings is 1. The van der Waals surface area contributed by atoms with E-state index in [0.29, 0.717) is 12.3 Å². The Hall–Kier alpha value is -3.75. The van der Waals surface area contributed by atoms with Gasteiger partial charge in [0.15, 0.2) is 0 Å². The molecule has 1 aromatic carbocycles. The van der Waals surface area contributed by atoms with Crippen molar-refractivity contribution in [1.82, 2.24) is 14.8 Å². The first kappa shape index (κ1) is 19.0. The van der Waals surface area contributed by atoms with Gasteiger partial charge in [0, 0.05) is 37.0 Å². The summed E-state index contributed by atoms with van der Waals surface area (Å²) >= 11 is 0. The second-order valence-electron chi connectivity index (χ2n) is 6.21. The van der Waals surface area contributed by atoms with Crippen LogP contribution in [-0.2, 0) is 11.3 Å². The molecule has 0 saturated carbocycles. The van der Waals surface area contributed by atoms with Gasteiger partial charge < -0.3 is 10.1 Å². The number of rotatable bonds is 7. The van der Waals surface area contributed by atoms with Gasteiger partial charge in [-0.05, 0) is 32.0 Å². The average molecular weight is 381 g/mol. The number of nitrogens with one attached hydrogen (secondary N) is 1. The predicted molar refractivity (Wildman–Crippen MR) is 102 cm³/mol. The number of ether oxygens (including phenoxy) is 1. The fourth-order valence-corrected chi connectivity index (χ4v) is 2.70. The third-order valence-corrected chi connectivity index (χ3v) is 3.91. The lowest BCUT2D eigenvalue weighted by atomic mass is 10.2. The summed E-state index contributed by atoms with van der Waals surface area (Å²) in [7, 11) is 0. The first-order valence-electron chi connectivity index (χ1n) is 8.59. The number of hydrogen-bond acceptors (Lipinski definition) is 6. The number of aryl methyl sites for hydroxylation is 3. The van der Waals surface area contributed by atoms with Gasteiger partial charge in [-0.3, -0.25) is 24.6 Å². The molecule has 0 bridgehead atoms. The van der Waals surface area contributed by atoms with Gasteiger partial charge in [-0.25, -0.2) is 0 Å². The van der Waals surface area contributed by atoms with E-state index in [1.165, 1.54) is 24.4 Å². The molecule has 28 heavy (non-hydrogen) atoms. The Labute approximate surface area is 161 Å². The molecule has 0 aliphatic rings. The van der Waals surface area contributed by atoms with Crippen LogP contribution in [0.4, 0.5) is 11.4 Å². The van der Waals surface area contributed by atoms with Crippen LogP contribution in [-0.4, -0.2) is 25.6 Å². The van der Waals surface area contributed by atoms with Crippen molar-refractivity contribution in [2.45, 2.75) is 26.8 Å². The van der Waals surface area contributed by atoms with Crippen LogP contribution in [0.3, 0.4) is 0 Å². The number of non-ortho nitro benzene ring substituents is 1. The average Bonchev–Trinajstić information content (AvgIpc) is 2.98. The number of benzene rings is 1. The highest BCUT2D eigenvalue weighted by Gasteiger charge is 2.14. The Morgan fingerprint density at radius 1 is 1.25 bits per heavy atom. The van der Waals surface area contributed by atoms with E-state index in [9.17, 15) is 14.9 Å². The van der Waals surface area contributed by atoms with Gasteiger partial charge >= 0.3 is 0 Å². The summed E-state index contributed by atoms with van der Waals surface area (Å²) in [4.78, 5) is 26.9. The highest BCUT2D eigenvalue weighted by molar-refractivity contribution is 5.91. The molecule has 9 nitrogen and oxygen atoms in total. The van der Waals surface area contributed by atoms with E-state index in [0.717, 1.165) is 11.4 Å². The SMILES string of the molecule is Cc1cc(C)n(CCC(=O)Nc2cc(Oc3cccnc3)cc([N+](=O)[O-])c2)n1. The number of anilines is 1. The van der Waals surface area contributed by atoms with Gasteiger partial charge in [0.05, 0.1) is 28.6 Å². The fraction of sp³-hybridized carbons (Fsp3) is 0.211. The summed E-state index contributed by atoms with van der Waals surface area (Å²) in [6.45, 7) is 4.22. The number of carbonyl (C=O) groups excluding carboxylic acids is 1. The van der Waals surface area contributed by atoms with E-state index >= 15 is 0 Å². The summed E-state index contributed by atoms with van der Waals surface area (Å²) in [5.74, 6) is 0.390. The topological polar surface area (TPSA) is 112 Å². The van der Waals surface area contributed by atoms with Gasteiger partial charge in [0.2, 0.25) is 5.91 Å². The van der Waals surface area contributed by atoms with Crippen molar-refractivity contribution >= 4 is 17.3 Å². The van der Waals surface area contributed by atoms with Crippen molar-refractivity contribution in [3.05, 3.63) is 70.3 Å². The number of carbonyl (C=O) groups is 1. The lowest BCUT2D eigenvalue weighted by Gasteiger charge is -2.10. The lowest BCUT2D eigenvalue weighted by molar-refractivity contribution is -0.384. The van der Waals surface area contributed by atoms with Crippen molar-refractivity contribution in [1.29, 1.82) is 0 Å². The van der Waals surface area contributed by atoms with Crippen LogP contribution in [0.5, 0.6) is 11.5 Å². The zero-order valence-electron chi connectivity index (χ0n) is 15.5. The van der Waals surface area contributed by atoms with Crippen LogP contribution in [0.1, 0.15) is 17.8 Å². The molecule has 2 aromatic heterocycles. The molecule has 0 radical (unpaired) electrons. The molecular weight excluding hydrogens is 362 g/mol. The Bertz CT molecular complexity index is 1000. The lowest BCUT2D eigenvalue weighted by Crippen LogP contribution is -2.15. The molecule has 2 heterocycles. The minimum Gasteiger partial charge on any atom is -0.455 e. The number of amides is 1. The second-order valence-corrected chi connectivity index (χ2v) is 6.21. The van der Waals surface area contributed by atoms with Crippen molar-refractivity contribution in [2.24, 2.45) is 0 Å². The molecule has 0 fully saturated rings. The van der Waals surface area contributed by atoms with E-state index in [1.807, 2.05) is 19.9 Å². The fourth-order valence-electron chi connectivity index (χ4n) is 2.70. The molecule has 0 unspecified atom stereocenters. The number of nitro benzene ring substituents is 1. The standard InChI is InChI=1S/C19H19N5O4/c1-13-8-14(2)23(22-13)7-5-19(25)21-15-9-16(24(26)27)11-18(10-15)28-17-4-3-6-20-12-17/h3-4,6,8-12H,5,7H2,1-2H3,(H,21,25). The number of nitro groups is 1. The van der Waals surface area contributed by atoms with E-state index in [2.05, 4.69) is 15.4 Å². The van der Waals surface area contributed by atoms with Crippen LogP contribution in [0.25, 0.3) is 0 Å². The maximum atomic E-state index is 12.3. The summed E-state index contributed by atoms with van der Waals surface area (Å²) in [5.41, 5.74) is 1.95. The normalized spacial score (nSPS) is 10.5. The van der Waals surface area contributed by atoms with Crippen LogP contribution < -0.4 is 10.1 Å². The molecular formula is C19H19N5O4. The van der Waals surface area contributed by atoms with Crippen molar-refractivity contribution in [2.75, 3.05) is 5.32 Å². The van der Waals surface area contributed by atoms with Crippen LogP contribution in [0, 0.1) is 24.0 Å². The predicted octanol–water partition coefficient (Wildman–Crippen LogP) is 3.62. The minimum atomic E-state index is -0.540. The largest absolute Gasteiger partial charge is 0.455 e. The molecule has 0 spiro atoms. The number of hydrogen-bond donors (Lipinski definition) is 1. The quantitative estimate of drug-likeness (QED) is 0.494. The third-order valence-electron chi connectivity index (χ3n) is 3.91. The summed E-state index contributed by atoms with van der Waals surface area (Å²) in [5, 5.41) is 18.2. The zero-order valence-corrected chi connectivity index (χ0v) is 15.5. The zero-order chi connectivity index (χ0) is 20.1. The molecule has 1 N–H and O–H groups in total. The Kier molecular flexibility index (Phi) is 5.64. The molecule has 3 rings (SSSR count). The smallest absolute Gasteiger partial charge is 0.275 e. The summed E-state index contributed by atoms with van der Waals surface area (Å²) in [6.07, 6.45) is 3.27. The van der Waals surface area contributed by atoms with Crippen LogP contribution in [0.15, 0.2) is 48.8 Å². The first-order valence-corrected chi connectivity index (χ1v) is 8.59. The maximum Gasteiger partial charge on any atom is 0.275 e. The van der Waals surface area contributed by atoms with E-state index < -0.39 is 4.92 Å². The molecule has 0 aliphatic carbocycles. The van der Waals surface area contributed by atoms with Crippen molar-refractivity contribution in [3.63, 3.8) is 0 Å². The van der Waals surface area contributed by atoms with Gasteiger partial charge in [0.1, 0.15) is 11.5 Å². The molecule has 1 amide bonds. The van der Waals surface area contributed by atoms with Crippen LogP contribution >= 0.6 is 0 Å². The van der Waals surface area contributed by atoms with Gasteiger partial charge in [-0.15, -0.1) is 0 Å². The highest BCUT2D eigenvalue weighted by atomic mass is 16.6. The minimum absolute atomic E-state index is 0.184. The maximum absolute atomic E-state index is 12.3. The molecule has 0 atom stereocenters.